The molecule has 308 valence electrons. The molecular weight excluding hydrogens is 798 g/mol. The molecule has 60 heavy (non-hydrogen) atoms. The third-order valence-corrected chi connectivity index (χ3v) is 15.8. The Morgan fingerprint density at radius 3 is 2.45 bits per heavy atom. The van der Waals surface area contributed by atoms with E-state index in [1.54, 1.807) is 46.2 Å². The lowest BCUT2D eigenvalue weighted by molar-refractivity contribution is -0.144. The number of carbonyl (C=O) groups is 4. The number of aromatic hydroxyl groups is 1. The SMILES string of the molecule is COc1ccc(C2C3=CCC4C(=O)N(C5CCN(Cc6ccccc6)CC5)C(=O)C4C3CC3C(=O)N(c4cc(-c5sc6ccc(Cl)cc6c5C)nn4C)C(=O)C32C)cc1O. The van der Waals surface area contributed by atoms with Crippen molar-refractivity contribution < 1.29 is 29.0 Å². The second-order valence-electron chi connectivity index (χ2n) is 17.3. The number of imide groups is 2. The number of nitrogens with zero attached hydrogens (tertiary/aromatic N) is 5. The van der Waals surface area contributed by atoms with Crippen molar-refractivity contribution >= 4 is 62.5 Å². The van der Waals surface area contributed by atoms with Crippen LogP contribution in [0.25, 0.3) is 20.7 Å². The molecule has 5 heterocycles. The molecule has 3 saturated heterocycles. The van der Waals surface area contributed by atoms with Crippen molar-refractivity contribution in [2.24, 2.45) is 36.1 Å². The number of methoxy groups -OCH3 is 1. The summed E-state index contributed by atoms with van der Waals surface area (Å²) in [6.45, 7) is 6.25. The van der Waals surface area contributed by atoms with Crippen molar-refractivity contribution in [3.05, 3.63) is 106 Å². The number of hydrogen-bond acceptors (Lipinski definition) is 9. The average molecular weight is 844 g/mol. The fourth-order valence-corrected chi connectivity index (χ4v) is 12.6. The van der Waals surface area contributed by atoms with Crippen molar-refractivity contribution in [3.63, 3.8) is 0 Å². The predicted molar refractivity (Wildman–Crippen MR) is 230 cm³/mol. The smallest absolute Gasteiger partial charge is 0.242 e. The number of hydrogen-bond donors (Lipinski definition) is 1. The van der Waals surface area contributed by atoms with Crippen LogP contribution in [0.4, 0.5) is 5.82 Å². The summed E-state index contributed by atoms with van der Waals surface area (Å²) in [5.74, 6) is -3.61. The van der Waals surface area contributed by atoms with E-state index in [-0.39, 0.29) is 47.6 Å². The first-order valence-electron chi connectivity index (χ1n) is 20.7. The highest BCUT2D eigenvalue weighted by molar-refractivity contribution is 7.22. The standard InChI is InChI=1S/C47H46ClN5O6S/c1-25-32-21-28(48)11-15-38(32)60-42(25)35-23-39(50(3)49-35)53-44(56)34-22-33-30(41(47(34,2)46(53)58)27-10-14-37(59-4)36(54)20-27)12-13-31-40(33)45(57)52(43(31)55)29-16-18-51(19-17-29)24-26-8-6-5-7-9-26/h5-12,14-15,20-21,23,29,31,33-34,40-41,54H,13,16-19,22,24H2,1-4H3. The molecular formula is C47H46ClN5O6S. The lowest BCUT2D eigenvalue weighted by atomic mass is 9.51. The average Bonchev–Trinajstić information content (AvgIpc) is 3.91. The largest absolute Gasteiger partial charge is 0.504 e. The lowest BCUT2D eigenvalue weighted by Gasteiger charge is -2.49. The Morgan fingerprint density at radius 1 is 0.950 bits per heavy atom. The molecule has 2 aromatic heterocycles. The number of aromatic nitrogens is 2. The Hall–Kier alpha value is -5.30. The van der Waals surface area contributed by atoms with Crippen molar-refractivity contribution in [2.75, 3.05) is 25.1 Å². The van der Waals surface area contributed by atoms with Gasteiger partial charge in [0.2, 0.25) is 23.6 Å². The maximum atomic E-state index is 15.2. The molecule has 5 aliphatic rings. The summed E-state index contributed by atoms with van der Waals surface area (Å²) >= 11 is 7.92. The second-order valence-corrected chi connectivity index (χ2v) is 18.8. The minimum Gasteiger partial charge on any atom is -0.504 e. The normalized spacial score (nSPS) is 27.1. The van der Waals surface area contributed by atoms with E-state index in [1.165, 1.54) is 17.6 Å². The Morgan fingerprint density at radius 2 is 1.72 bits per heavy atom. The number of benzene rings is 3. The number of aryl methyl sites for hydroxylation is 2. The molecule has 11 nitrogen and oxygen atoms in total. The van der Waals surface area contributed by atoms with Gasteiger partial charge in [-0.3, -0.25) is 33.7 Å². The first-order chi connectivity index (χ1) is 28.9. The number of carbonyl (C=O) groups excluding carboxylic acids is 4. The summed E-state index contributed by atoms with van der Waals surface area (Å²) in [6.07, 6.45) is 4.06. The Bertz CT molecular complexity index is 2650. The van der Waals surface area contributed by atoms with Crippen LogP contribution >= 0.6 is 22.9 Å². The van der Waals surface area contributed by atoms with Gasteiger partial charge in [-0.25, -0.2) is 4.90 Å². The second kappa shape index (κ2) is 14.4. The number of likely N-dealkylation sites (tertiary alicyclic amines) is 2. The Kier molecular flexibility index (Phi) is 9.34. The van der Waals surface area contributed by atoms with Crippen LogP contribution in [0, 0.1) is 36.0 Å². The first kappa shape index (κ1) is 38.9. The molecule has 1 saturated carbocycles. The summed E-state index contributed by atoms with van der Waals surface area (Å²) in [7, 11) is 3.21. The number of fused-ring (bicyclic) bond motifs is 5. The summed E-state index contributed by atoms with van der Waals surface area (Å²) in [5.41, 5.74) is 3.11. The van der Waals surface area contributed by atoms with Gasteiger partial charge in [-0.05, 0) is 97.9 Å². The molecule has 3 aromatic carbocycles. The van der Waals surface area contributed by atoms with E-state index >= 15 is 9.59 Å². The van der Waals surface area contributed by atoms with Crippen LogP contribution in [0.3, 0.4) is 0 Å². The van der Waals surface area contributed by atoms with Crippen LogP contribution in [-0.2, 0) is 32.8 Å². The first-order valence-corrected chi connectivity index (χ1v) is 21.9. The van der Waals surface area contributed by atoms with Crippen molar-refractivity contribution in [1.29, 1.82) is 0 Å². The van der Waals surface area contributed by atoms with E-state index in [0.717, 1.165) is 45.7 Å². The number of anilines is 1. The number of piperidine rings is 1. The minimum atomic E-state index is -1.28. The zero-order valence-electron chi connectivity index (χ0n) is 33.9. The van der Waals surface area contributed by atoms with Crippen molar-refractivity contribution in [1.82, 2.24) is 19.6 Å². The van der Waals surface area contributed by atoms with Crippen molar-refractivity contribution in [2.45, 2.75) is 58.0 Å². The van der Waals surface area contributed by atoms with Gasteiger partial charge in [-0.1, -0.05) is 59.6 Å². The number of phenols is 1. The monoisotopic (exact) mass is 843 g/mol. The van der Waals surface area contributed by atoms with Gasteiger partial charge in [0.1, 0.15) is 11.5 Å². The number of thiophene rings is 1. The Balaban J connectivity index is 0.997. The zero-order chi connectivity index (χ0) is 41.8. The van der Waals surface area contributed by atoms with Gasteiger partial charge in [-0.15, -0.1) is 11.3 Å². The maximum absolute atomic E-state index is 15.2. The third kappa shape index (κ3) is 5.81. The van der Waals surface area contributed by atoms with Gasteiger partial charge >= 0.3 is 0 Å². The van der Waals surface area contributed by atoms with E-state index in [0.29, 0.717) is 41.4 Å². The van der Waals surface area contributed by atoms with E-state index < -0.39 is 35.0 Å². The van der Waals surface area contributed by atoms with Gasteiger partial charge in [-0.2, -0.15) is 5.10 Å². The Labute approximate surface area is 357 Å². The number of ether oxygens (including phenoxy) is 1. The molecule has 6 unspecified atom stereocenters. The molecule has 10 rings (SSSR count). The molecule has 6 atom stereocenters. The number of rotatable bonds is 7. The maximum Gasteiger partial charge on any atom is 0.242 e. The van der Waals surface area contributed by atoms with Crippen LogP contribution < -0.4 is 9.64 Å². The summed E-state index contributed by atoms with van der Waals surface area (Å²) in [4.78, 5) is 65.5. The molecule has 5 aromatic rings. The summed E-state index contributed by atoms with van der Waals surface area (Å²) in [5, 5.41) is 17.6. The molecule has 4 amide bonds. The number of allylic oxidation sites excluding steroid dienone is 2. The molecule has 2 aliphatic carbocycles. The van der Waals surface area contributed by atoms with Gasteiger partial charge in [0.05, 0.1) is 35.2 Å². The number of halogens is 1. The van der Waals surface area contributed by atoms with Gasteiger partial charge in [0, 0.05) is 54.4 Å². The zero-order valence-corrected chi connectivity index (χ0v) is 35.5. The van der Waals surface area contributed by atoms with Crippen LogP contribution in [-0.4, -0.2) is 74.6 Å². The molecule has 4 fully saturated rings. The summed E-state index contributed by atoms with van der Waals surface area (Å²) in [6, 6.07) is 22.8. The van der Waals surface area contributed by atoms with Crippen LogP contribution in [0.15, 0.2) is 84.4 Å². The highest BCUT2D eigenvalue weighted by Gasteiger charge is 2.68. The minimum absolute atomic E-state index is 0.0895. The van der Waals surface area contributed by atoms with E-state index in [1.807, 2.05) is 56.3 Å². The van der Waals surface area contributed by atoms with Gasteiger partial charge in [0.25, 0.3) is 0 Å². The quantitative estimate of drug-likeness (QED) is 0.130. The van der Waals surface area contributed by atoms with Crippen LogP contribution in [0.1, 0.15) is 55.2 Å². The highest BCUT2D eigenvalue weighted by Crippen LogP contribution is 2.64. The fraction of sp³-hybridized carbons (Fsp3) is 0.383. The third-order valence-electron chi connectivity index (χ3n) is 14.2. The highest BCUT2D eigenvalue weighted by atomic mass is 35.5. The molecule has 1 N–H and O–H groups in total. The number of phenolic OH excluding ortho intramolecular Hbond substituents is 1. The molecule has 0 radical (unpaired) electrons. The lowest BCUT2D eigenvalue weighted by Crippen LogP contribution is -2.49. The molecule has 3 aliphatic heterocycles. The predicted octanol–water partition coefficient (Wildman–Crippen LogP) is 7.87. The van der Waals surface area contributed by atoms with Gasteiger partial charge < -0.3 is 9.84 Å². The van der Waals surface area contributed by atoms with E-state index in [2.05, 4.69) is 23.1 Å². The molecule has 13 heteroatoms. The summed E-state index contributed by atoms with van der Waals surface area (Å²) < 4.78 is 8.03. The van der Waals surface area contributed by atoms with Gasteiger partial charge in [0.15, 0.2) is 11.5 Å². The number of amides is 4. The van der Waals surface area contributed by atoms with Crippen LogP contribution in [0.2, 0.25) is 5.02 Å². The van der Waals surface area contributed by atoms with E-state index in [4.69, 9.17) is 21.4 Å². The molecule has 0 spiro atoms. The fourth-order valence-electron chi connectivity index (χ4n) is 11.3. The van der Waals surface area contributed by atoms with E-state index in [9.17, 15) is 14.7 Å². The molecule has 0 bridgehead atoms. The van der Waals surface area contributed by atoms with Crippen LogP contribution in [0.5, 0.6) is 11.5 Å². The topological polar surface area (TPSA) is 125 Å². The van der Waals surface area contributed by atoms with Crippen molar-refractivity contribution in [3.8, 4) is 22.1 Å².